The highest BCUT2D eigenvalue weighted by molar-refractivity contribution is 7.92. The molecule has 0 aliphatic heterocycles. The SMILES string of the molecule is C=C(C)c1ccc(S(=O)(=O)Nc2nc(-c3cccc(OCC(=O)OCC)c3)nc(OC)c2Oc2ccccc2OC)nc1. The Hall–Kier alpha value is -5.17. The number of hydrogen-bond donors (Lipinski definition) is 1. The first-order valence-electron chi connectivity index (χ1n) is 13.0. The summed E-state index contributed by atoms with van der Waals surface area (Å²) in [5, 5.41) is -0.255. The number of esters is 1. The number of nitrogens with zero attached hydrogens (tertiary/aromatic N) is 3. The average Bonchev–Trinajstić information content (AvgIpc) is 3.01. The number of carbonyl (C=O) groups excluding carboxylic acids is 1. The number of para-hydroxylation sites is 2. The number of allylic oxidation sites excluding steroid dienone is 1. The molecule has 0 radical (unpaired) electrons. The first-order valence-corrected chi connectivity index (χ1v) is 14.4. The number of hydrogen-bond acceptors (Lipinski definition) is 11. The lowest BCUT2D eigenvalue weighted by Gasteiger charge is -2.17. The van der Waals surface area contributed by atoms with Crippen molar-refractivity contribution in [2.45, 2.75) is 18.9 Å². The highest BCUT2D eigenvalue weighted by Gasteiger charge is 2.26. The van der Waals surface area contributed by atoms with Gasteiger partial charge in [-0.1, -0.05) is 36.9 Å². The molecular formula is C30H30N4O8S. The van der Waals surface area contributed by atoms with Gasteiger partial charge in [-0.3, -0.25) is 4.72 Å². The van der Waals surface area contributed by atoms with E-state index in [0.717, 1.165) is 5.57 Å². The van der Waals surface area contributed by atoms with Crippen molar-refractivity contribution in [3.8, 4) is 40.3 Å². The predicted octanol–water partition coefficient (Wildman–Crippen LogP) is 5.12. The van der Waals surface area contributed by atoms with E-state index in [0.29, 0.717) is 22.6 Å². The van der Waals surface area contributed by atoms with Crippen molar-refractivity contribution in [2.24, 2.45) is 0 Å². The molecule has 0 aliphatic carbocycles. The number of nitrogens with one attached hydrogen (secondary N) is 1. The highest BCUT2D eigenvalue weighted by atomic mass is 32.2. The zero-order chi connectivity index (χ0) is 31.0. The summed E-state index contributed by atoms with van der Waals surface area (Å²) >= 11 is 0. The third-order valence-corrected chi connectivity index (χ3v) is 7.05. The monoisotopic (exact) mass is 606 g/mol. The molecule has 13 heteroatoms. The lowest BCUT2D eigenvalue weighted by molar-refractivity contribution is -0.145. The Bertz CT molecular complexity index is 1730. The molecule has 0 saturated heterocycles. The van der Waals surface area contributed by atoms with Gasteiger partial charge in [0, 0.05) is 11.8 Å². The molecule has 0 atom stereocenters. The van der Waals surface area contributed by atoms with Crippen LogP contribution in [0.1, 0.15) is 19.4 Å². The molecule has 0 spiro atoms. The zero-order valence-corrected chi connectivity index (χ0v) is 24.8. The van der Waals surface area contributed by atoms with Crippen molar-refractivity contribution in [1.29, 1.82) is 0 Å². The van der Waals surface area contributed by atoms with Crippen molar-refractivity contribution in [2.75, 3.05) is 32.2 Å². The molecule has 0 aliphatic rings. The summed E-state index contributed by atoms with van der Waals surface area (Å²) in [6.07, 6.45) is 1.41. The Morgan fingerprint density at radius 2 is 1.74 bits per heavy atom. The largest absolute Gasteiger partial charge is 0.493 e. The van der Waals surface area contributed by atoms with Crippen LogP contribution in [-0.4, -0.2) is 56.8 Å². The Balaban J connectivity index is 1.79. The molecule has 0 saturated carbocycles. The molecule has 2 aromatic heterocycles. The van der Waals surface area contributed by atoms with E-state index in [-0.39, 0.29) is 47.3 Å². The average molecular weight is 607 g/mol. The number of pyridine rings is 1. The van der Waals surface area contributed by atoms with Gasteiger partial charge in [0.25, 0.3) is 15.9 Å². The van der Waals surface area contributed by atoms with E-state index in [1.807, 2.05) is 0 Å². The van der Waals surface area contributed by atoms with Crippen LogP contribution in [-0.2, 0) is 19.6 Å². The third kappa shape index (κ3) is 7.57. The van der Waals surface area contributed by atoms with Crippen molar-refractivity contribution in [1.82, 2.24) is 15.0 Å². The summed E-state index contributed by atoms with van der Waals surface area (Å²) in [6, 6.07) is 16.3. The van der Waals surface area contributed by atoms with Gasteiger partial charge in [0.2, 0.25) is 5.75 Å². The van der Waals surface area contributed by atoms with Gasteiger partial charge >= 0.3 is 5.97 Å². The molecule has 4 aromatic rings. The van der Waals surface area contributed by atoms with Crippen LogP contribution in [0.5, 0.6) is 28.9 Å². The second-order valence-electron chi connectivity index (χ2n) is 8.88. The van der Waals surface area contributed by atoms with Crippen LogP contribution >= 0.6 is 0 Å². The highest BCUT2D eigenvalue weighted by Crippen LogP contribution is 2.41. The maximum absolute atomic E-state index is 13.5. The van der Waals surface area contributed by atoms with E-state index in [9.17, 15) is 13.2 Å². The molecule has 1 N–H and O–H groups in total. The number of rotatable bonds is 13. The van der Waals surface area contributed by atoms with Crippen LogP contribution in [0.25, 0.3) is 17.0 Å². The molecule has 0 unspecified atom stereocenters. The fraction of sp³-hybridized carbons (Fsp3) is 0.200. The minimum Gasteiger partial charge on any atom is -0.493 e. The van der Waals surface area contributed by atoms with E-state index in [1.165, 1.54) is 26.5 Å². The molecule has 224 valence electrons. The Labute approximate surface area is 249 Å². The lowest BCUT2D eigenvalue weighted by Crippen LogP contribution is -2.17. The minimum atomic E-state index is -4.27. The van der Waals surface area contributed by atoms with Gasteiger partial charge < -0.3 is 23.7 Å². The summed E-state index contributed by atoms with van der Waals surface area (Å²) in [6.45, 7) is 7.27. The number of sulfonamides is 1. The summed E-state index contributed by atoms with van der Waals surface area (Å²) in [7, 11) is -1.44. The molecule has 0 amide bonds. The summed E-state index contributed by atoms with van der Waals surface area (Å²) in [5.74, 6) is 0.121. The zero-order valence-electron chi connectivity index (χ0n) is 24.0. The Morgan fingerprint density at radius 1 is 0.977 bits per heavy atom. The second kappa shape index (κ2) is 13.7. The molecule has 0 bridgehead atoms. The fourth-order valence-electron chi connectivity index (χ4n) is 3.71. The van der Waals surface area contributed by atoms with Crippen LogP contribution in [0, 0.1) is 0 Å². The van der Waals surface area contributed by atoms with Crippen LogP contribution in [0.15, 0.2) is 78.5 Å². The number of carbonyl (C=O) groups is 1. The number of methoxy groups -OCH3 is 2. The topological polar surface area (TPSA) is 148 Å². The molecule has 4 rings (SSSR count). The number of aromatic nitrogens is 3. The summed E-state index contributed by atoms with van der Waals surface area (Å²) < 4.78 is 56.8. The van der Waals surface area contributed by atoms with Gasteiger partial charge in [-0.25, -0.2) is 14.8 Å². The van der Waals surface area contributed by atoms with Gasteiger partial charge in [0.1, 0.15) is 5.75 Å². The Kier molecular flexibility index (Phi) is 9.78. The summed E-state index contributed by atoms with van der Waals surface area (Å²) in [4.78, 5) is 24.8. The van der Waals surface area contributed by atoms with E-state index >= 15 is 0 Å². The lowest BCUT2D eigenvalue weighted by atomic mass is 10.2. The van der Waals surface area contributed by atoms with Crippen LogP contribution in [0.3, 0.4) is 0 Å². The van der Waals surface area contributed by atoms with Crippen molar-refractivity contribution in [3.05, 3.63) is 79.0 Å². The maximum atomic E-state index is 13.5. The van der Waals surface area contributed by atoms with Gasteiger partial charge in [-0.15, -0.1) is 0 Å². The molecular weight excluding hydrogens is 576 g/mol. The molecule has 2 heterocycles. The van der Waals surface area contributed by atoms with Gasteiger partial charge in [-0.2, -0.15) is 13.4 Å². The van der Waals surface area contributed by atoms with E-state index in [1.54, 1.807) is 68.4 Å². The van der Waals surface area contributed by atoms with Crippen LogP contribution < -0.4 is 23.7 Å². The molecule has 12 nitrogen and oxygen atoms in total. The predicted molar refractivity (Wildman–Crippen MR) is 159 cm³/mol. The first kappa shape index (κ1) is 30.8. The molecule has 43 heavy (non-hydrogen) atoms. The van der Waals surface area contributed by atoms with Gasteiger partial charge in [-0.05, 0) is 55.3 Å². The van der Waals surface area contributed by atoms with E-state index in [4.69, 9.17) is 23.7 Å². The number of benzene rings is 2. The van der Waals surface area contributed by atoms with Crippen LogP contribution in [0.4, 0.5) is 5.82 Å². The van der Waals surface area contributed by atoms with E-state index < -0.39 is 16.0 Å². The van der Waals surface area contributed by atoms with Crippen LogP contribution in [0.2, 0.25) is 0 Å². The van der Waals surface area contributed by atoms with Crippen molar-refractivity contribution in [3.63, 3.8) is 0 Å². The maximum Gasteiger partial charge on any atom is 0.344 e. The molecule has 2 aromatic carbocycles. The minimum absolute atomic E-state index is 0.0722. The third-order valence-electron chi connectivity index (χ3n) is 5.80. The smallest absolute Gasteiger partial charge is 0.344 e. The standard InChI is InChI=1S/C30H30N4O8S/c1-6-40-26(35)18-41-22-11-9-10-20(16-22)28-32-29(34-43(36,37)25-15-14-21(17-31-25)19(2)3)27(30(33-28)39-5)42-24-13-8-7-12-23(24)38-4/h7-17H,2,6,18H2,1,3-5H3,(H,32,33,34). The second-order valence-corrected chi connectivity index (χ2v) is 10.5. The quantitative estimate of drug-likeness (QED) is 0.202. The van der Waals surface area contributed by atoms with Crippen molar-refractivity contribution < 1.29 is 36.9 Å². The fourth-order valence-corrected chi connectivity index (χ4v) is 4.65. The Morgan fingerprint density at radius 3 is 2.40 bits per heavy atom. The van der Waals surface area contributed by atoms with Crippen molar-refractivity contribution >= 4 is 27.4 Å². The normalized spacial score (nSPS) is 10.9. The van der Waals surface area contributed by atoms with Gasteiger partial charge in [0.15, 0.2) is 34.8 Å². The van der Waals surface area contributed by atoms with E-state index in [2.05, 4.69) is 26.3 Å². The number of ether oxygens (including phenoxy) is 5. The molecule has 0 fully saturated rings. The first-order chi connectivity index (χ1) is 20.6. The van der Waals surface area contributed by atoms with Gasteiger partial charge in [0.05, 0.1) is 20.8 Å². The number of anilines is 1. The summed E-state index contributed by atoms with van der Waals surface area (Å²) in [5.41, 5.74) is 1.86.